The second-order valence-electron chi connectivity index (χ2n) is 5.72. The average molecular weight is 340 g/mol. The highest BCUT2D eigenvalue weighted by Crippen LogP contribution is 2.28. The molecule has 1 saturated heterocycles. The molecule has 1 fully saturated rings. The second-order valence-corrected chi connectivity index (χ2v) is 6.58. The van der Waals surface area contributed by atoms with Gasteiger partial charge in [0, 0.05) is 17.1 Å². The third-order valence-electron chi connectivity index (χ3n) is 4.03. The van der Waals surface area contributed by atoms with Crippen molar-refractivity contribution in [2.75, 3.05) is 13.7 Å². The number of hydrogen-bond donors (Lipinski definition) is 0. The summed E-state index contributed by atoms with van der Waals surface area (Å²) >= 11 is 3.57. The molecule has 1 heterocycles. The van der Waals surface area contributed by atoms with Crippen molar-refractivity contribution in [3.63, 3.8) is 0 Å². The third kappa shape index (κ3) is 3.41. The fourth-order valence-corrected chi connectivity index (χ4v) is 3.45. The first kappa shape index (κ1) is 15.5. The standard InChI is InChI=1S/C16H22BrNO2/c1-11(2)15-5-4-8-18(15)10-13-7-6-12(9-14(13)17)16(19)20-3/h6-7,9,11,15H,4-5,8,10H2,1-3H3. The van der Waals surface area contributed by atoms with Crippen molar-refractivity contribution >= 4 is 21.9 Å². The Morgan fingerprint density at radius 3 is 2.85 bits per heavy atom. The van der Waals surface area contributed by atoms with Gasteiger partial charge in [-0.2, -0.15) is 0 Å². The van der Waals surface area contributed by atoms with E-state index in [1.54, 1.807) is 0 Å². The van der Waals surface area contributed by atoms with Crippen LogP contribution in [0.2, 0.25) is 0 Å². The van der Waals surface area contributed by atoms with E-state index in [-0.39, 0.29) is 5.97 Å². The number of likely N-dealkylation sites (tertiary alicyclic amines) is 1. The van der Waals surface area contributed by atoms with E-state index >= 15 is 0 Å². The van der Waals surface area contributed by atoms with Crippen molar-refractivity contribution in [1.29, 1.82) is 0 Å². The maximum Gasteiger partial charge on any atom is 0.337 e. The van der Waals surface area contributed by atoms with E-state index < -0.39 is 0 Å². The predicted octanol–water partition coefficient (Wildman–Crippen LogP) is 3.86. The molecule has 0 aliphatic carbocycles. The zero-order chi connectivity index (χ0) is 14.7. The van der Waals surface area contributed by atoms with Crippen LogP contribution < -0.4 is 0 Å². The average Bonchev–Trinajstić information content (AvgIpc) is 2.88. The highest BCUT2D eigenvalue weighted by Gasteiger charge is 2.27. The quantitative estimate of drug-likeness (QED) is 0.780. The van der Waals surface area contributed by atoms with Crippen LogP contribution in [-0.4, -0.2) is 30.6 Å². The number of esters is 1. The molecule has 4 heteroatoms. The summed E-state index contributed by atoms with van der Waals surface area (Å²) in [5.74, 6) is 0.393. The zero-order valence-corrected chi connectivity index (χ0v) is 13.9. The lowest BCUT2D eigenvalue weighted by Gasteiger charge is -2.28. The summed E-state index contributed by atoms with van der Waals surface area (Å²) in [4.78, 5) is 14.1. The third-order valence-corrected chi connectivity index (χ3v) is 4.77. The Balaban J connectivity index is 2.12. The van der Waals surface area contributed by atoms with Crippen LogP contribution in [0.25, 0.3) is 0 Å². The van der Waals surface area contributed by atoms with E-state index in [1.165, 1.54) is 25.5 Å². The first-order valence-electron chi connectivity index (χ1n) is 7.13. The van der Waals surface area contributed by atoms with Gasteiger partial charge in [-0.05, 0) is 43.0 Å². The summed E-state index contributed by atoms with van der Waals surface area (Å²) in [5.41, 5.74) is 1.81. The molecule has 0 bridgehead atoms. The van der Waals surface area contributed by atoms with Crippen molar-refractivity contribution in [2.45, 2.75) is 39.3 Å². The van der Waals surface area contributed by atoms with Gasteiger partial charge in [-0.25, -0.2) is 4.79 Å². The fourth-order valence-electron chi connectivity index (χ4n) is 2.94. The van der Waals surface area contributed by atoms with Crippen LogP contribution in [0.15, 0.2) is 22.7 Å². The molecule has 2 rings (SSSR count). The molecule has 20 heavy (non-hydrogen) atoms. The largest absolute Gasteiger partial charge is 0.465 e. The molecule has 1 aliphatic rings. The second kappa shape index (κ2) is 6.72. The SMILES string of the molecule is COC(=O)c1ccc(CN2CCCC2C(C)C)c(Br)c1. The minimum atomic E-state index is -0.293. The van der Waals surface area contributed by atoms with Gasteiger partial charge in [-0.15, -0.1) is 0 Å². The van der Waals surface area contributed by atoms with Crippen LogP contribution in [0.3, 0.4) is 0 Å². The number of halogens is 1. The molecule has 0 aromatic heterocycles. The smallest absolute Gasteiger partial charge is 0.337 e. The lowest BCUT2D eigenvalue weighted by atomic mass is 10.0. The van der Waals surface area contributed by atoms with Gasteiger partial charge >= 0.3 is 5.97 Å². The van der Waals surface area contributed by atoms with Crippen molar-refractivity contribution in [3.05, 3.63) is 33.8 Å². The molecule has 0 radical (unpaired) electrons. The maximum atomic E-state index is 11.5. The Morgan fingerprint density at radius 1 is 1.50 bits per heavy atom. The van der Waals surface area contributed by atoms with Crippen molar-refractivity contribution < 1.29 is 9.53 Å². The van der Waals surface area contributed by atoms with E-state index in [9.17, 15) is 4.79 Å². The van der Waals surface area contributed by atoms with E-state index in [2.05, 4.69) is 34.7 Å². The molecule has 1 unspecified atom stereocenters. The summed E-state index contributed by atoms with van der Waals surface area (Å²) in [6.45, 7) is 6.68. The predicted molar refractivity (Wildman–Crippen MR) is 83.8 cm³/mol. The minimum absolute atomic E-state index is 0.293. The van der Waals surface area contributed by atoms with Crippen LogP contribution in [0.4, 0.5) is 0 Å². The zero-order valence-electron chi connectivity index (χ0n) is 12.4. The van der Waals surface area contributed by atoms with Gasteiger partial charge in [0.25, 0.3) is 0 Å². The van der Waals surface area contributed by atoms with Crippen molar-refractivity contribution in [2.24, 2.45) is 5.92 Å². The minimum Gasteiger partial charge on any atom is -0.465 e. The highest BCUT2D eigenvalue weighted by atomic mass is 79.9. The van der Waals surface area contributed by atoms with Gasteiger partial charge in [0.05, 0.1) is 12.7 Å². The van der Waals surface area contributed by atoms with Crippen LogP contribution in [-0.2, 0) is 11.3 Å². The van der Waals surface area contributed by atoms with E-state index in [0.717, 1.165) is 17.6 Å². The van der Waals surface area contributed by atoms with E-state index in [0.29, 0.717) is 17.5 Å². The molecule has 0 N–H and O–H groups in total. The molecule has 110 valence electrons. The summed E-state index contributed by atoms with van der Waals surface area (Å²) < 4.78 is 5.72. The van der Waals surface area contributed by atoms with Crippen LogP contribution in [0.1, 0.15) is 42.6 Å². The number of ether oxygens (including phenoxy) is 1. The van der Waals surface area contributed by atoms with Crippen LogP contribution in [0.5, 0.6) is 0 Å². The summed E-state index contributed by atoms with van der Waals surface area (Å²) in [5, 5.41) is 0. The van der Waals surface area contributed by atoms with Crippen molar-refractivity contribution in [3.8, 4) is 0 Å². The molecular weight excluding hydrogens is 318 g/mol. The van der Waals surface area contributed by atoms with Crippen molar-refractivity contribution in [1.82, 2.24) is 4.90 Å². The molecule has 1 aliphatic heterocycles. The molecule has 1 atom stereocenters. The summed E-state index contributed by atoms with van der Waals surface area (Å²) in [6, 6.07) is 6.38. The van der Waals surface area contributed by atoms with Gasteiger partial charge in [-0.3, -0.25) is 4.90 Å². The topological polar surface area (TPSA) is 29.5 Å². The van der Waals surface area contributed by atoms with Crippen LogP contribution in [0, 0.1) is 5.92 Å². The summed E-state index contributed by atoms with van der Waals surface area (Å²) in [6.07, 6.45) is 2.57. The van der Waals surface area contributed by atoms with E-state index in [1.807, 2.05) is 18.2 Å². The molecule has 0 spiro atoms. The number of benzene rings is 1. The highest BCUT2D eigenvalue weighted by molar-refractivity contribution is 9.10. The molecular formula is C16H22BrNO2. The first-order chi connectivity index (χ1) is 9.52. The summed E-state index contributed by atoms with van der Waals surface area (Å²) in [7, 11) is 1.40. The number of methoxy groups -OCH3 is 1. The monoisotopic (exact) mass is 339 g/mol. The number of hydrogen-bond acceptors (Lipinski definition) is 3. The van der Waals surface area contributed by atoms with E-state index in [4.69, 9.17) is 4.74 Å². The van der Waals surface area contributed by atoms with Gasteiger partial charge < -0.3 is 4.74 Å². The lowest BCUT2D eigenvalue weighted by Crippen LogP contribution is -2.32. The Bertz CT molecular complexity index is 487. The molecule has 1 aromatic carbocycles. The normalized spacial score (nSPS) is 19.6. The number of rotatable bonds is 4. The number of carbonyl (C=O) groups is 1. The maximum absolute atomic E-state index is 11.5. The van der Waals surface area contributed by atoms with Gasteiger partial charge in [0.1, 0.15) is 0 Å². The first-order valence-corrected chi connectivity index (χ1v) is 7.93. The number of carbonyl (C=O) groups excluding carboxylic acids is 1. The van der Waals surface area contributed by atoms with Gasteiger partial charge in [0.15, 0.2) is 0 Å². The Hall–Kier alpha value is -0.870. The number of nitrogens with zero attached hydrogens (tertiary/aromatic N) is 1. The van der Waals surface area contributed by atoms with Crippen LogP contribution >= 0.6 is 15.9 Å². The molecule has 1 aromatic rings. The molecule has 3 nitrogen and oxygen atoms in total. The molecule has 0 saturated carbocycles. The molecule has 0 amide bonds. The Morgan fingerprint density at radius 2 is 2.25 bits per heavy atom. The van der Waals surface area contributed by atoms with Gasteiger partial charge in [0.2, 0.25) is 0 Å². The fraction of sp³-hybridized carbons (Fsp3) is 0.562. The Labute approximate surface area is 129 Å². The lowest BCUT2D eigenvalue weighted by molar-refractivity contribution is 0.0600. The van der Waals surface area contributed by atoms with Gasteiger partial charge in [-0.1, -0.05) is 35.8 Å². The Kier molecular flexibility index (Phi) is 5.22.